The first-order valence-electron chi connectivity index (χ1n) is 6.87. The molecule has 0 radical (unpaired) electrons. The predicted molar refractivity (Wildman–Crippen MR) is 71.3 cm³/mol. The molecule has 0 saturated carbocycles. The molecule has 17 heavy (non-hydrogen) atoms. The third-order valence-corrected chi connectivity index (χ3v) is 2.91. The summed E-state index contributed by atoms with van der Waals surface area (Å²) in [4.78, 5) is 0. The van der Waals surface area contributed by atoms with Gasteiger partial charge in [0, 0.05) is 6.54 Å². The van der Waals surface area contributed by atoms with E-state index >= 15 is 0 Å². The summed E-state index contributed by atoms with van der Waals surface area (Å²) in [6.45, 7) is 9.56. The number of aryl methyl sites for hydroxylation is 1. The fourth-order valence-electron chi connectivity index (χ4n) is 2.04. The largest absolute Gasteiger partial charge is 0.504 e. The van der Waals surface area contributed by atoms with Crippen LogP contribution >= 0.6 is 0 Å². The van der Waals surface area contributed by atoms with E-state index in [-0.39, 0.29) is 0 Å². The number of aromatic hydroxyl groups is 1. The van der Waals surface area contributed by atoms with Gasteiger partial charge in [-0.2, -0.15) is 5.10 Å². The molecule has 0 unspecified atom stereocenters. The van der Waals surface area contributed by atoms with Gasteiger partial charge in [0.2, 0.25) is 0 Å². The van der Waals surface area contributed by atoms with Crippen molar-refractivity contribution < 1.29 is 5.11 Å². The van der Waals surface area contributed by atoms with Gasteiger partial charge in [-0.1, -0.05) is 40.5 Å². The highest BCUT2D eigenvalue weighted by Crippen LogP contribution is 2.26. The summed E-state index contributed by atoms with van der Waals surface area (Å²) in [6.07, 6.45) is 5.11. The van der Waals surface area contributed by atoms with E-state index in [0.717, 1.165) is 50.0 Å². The second-order valence-electron chi connectivity index (χ2n) is 5.17. The highest BCUT2D eigenvalue weighted by molar-refractivity contribution is 5.32. The molecule has 1 rings (SSSR count). The molecule has 0 aliphatic rings. The normalized spacial score (nSPS) is 11.4. The molecule has 1 aromatic heterocycles. The van der Waals surface area contributed by atoms with Gasteiger partial charge in [-0.3, -0.25) is 4.68 Å². The molecule has 0 aliphatic heterocycles. The molecule has 0 saturated heterocycles. The van der Waals surface area contributed by atoms with E-state index in [2.05, 4.69) is 32.8 Å². The van der Waals surface area contributed by atoms with Crippen molar-refractivity contribution in [1.29, 1.82) is 0 Å². The van der Waals surface area contributed by atoms with Gasteiger partial charge < -0.3 is 5.11 Å². The van der Waals surface area contributed by atoms with Gasteiger partial charge in [0.1, 0.15) is 5.69 Å². The minimum Gasteiger partial charge on any atom is -0.504 e. The zero-order chi connectivity index (χ0) is 12.8. The van der Waals surface area contributed by atoms with E-state index < -0.39 is 0 Å². The molecule has 3 nitrogen and oxygen atoms in total. The average Bonchev–Trinajstić information content (AvgIpc) is 2.55. The maximum Gasteiger partial charge on any atom is 0.160 e. The minimum absolute atomic E-state index is 0.441. The summed E-state index contributed by atoms with van der Waals surface area (Å²) in [7, 11) is 0. The molecule has 1 aromatic rings. The van der Waals surface area contributed by atoms with Crippen molar-refractivity contribution in [3.8, 4) is 5.75 Å². The van der Waals surface area contributed by atoms with Crippen LogP contribution in [0, 0.1) is 5.92 Å². The van der Waals surface area contributed by atoms with Crippen LogP contribution in [0.15, 0.2) is 0 Å². The molecule has 0 spiro atoms. The van der Waals surface area contributed by atoms with Crippen LogP contribution < -0.4 is 0 Å². The van der Waals surface area contributed by atoms with Crippen LogP contribution in [-0.4, -0.2) is 14.9 Å². The summed E-state index contributed by atoms with van der Waals surface area (Å²) >= 11 is 0. The minimum atomic E-state index is 0.441. The van der Waals surface area contributed by atoms with Crippen LogP contribution in [0.2, 0.25) is 0 Å². The zero-order valence-electron chi connectivity index (χ0n) is 11.7. The van der Waals surface area contributed by atoms with Gasteiger partial charge in [-0.25, -0.2) is 0 Å². The molecule has 98 valence electrons. The van der Waals surface area contributed by atoms with Crippen LogP contribution in [0.4, 0.5) is 0 Å². The number of unbranched alkanes of at least 4 members (excludes halogenated alkanes) is 1. The summed E-state index contributed by atoms with van der Waals surface area (Å²) in [5.41, 5.74) is 1.90. The second-order valence-corrected chi connectivity index (χ2v) is 5.17. The first kappa shape index (κ1) is 14.1. The monoisotopic (exact) mass is 238 g/mol. The highest BCUT2D eigenvalue weighted by atomic mass is 16.3. The molecule has 0 amide bonds. The highest BCUT2D eigenvalue weighted by Gasteiger charge is 2.16. The Bertz CT molecular complexity index is 342. The third kappa shape index (κ3) is 3.76. The van der Waals surface area contributed by atoms with Crippen LogP contribution in [0.5, 0.6) is 5.75 Å². The summed E-state index contributed by atoms with van der Waals surface area (Å²) < 4.78 is 2.01. The predicted octanol–water partition coefficient (Wildman–Crippen LogP) is 3.54. The number of hydrogen-bond donors (Lipinski definition) is 1. The van der Waals surface area contributed by atoms with Gasteiger partial charge in [-0.15, -0.1) is 0 Å². The number of rotatable bonds is 7. The fraction of sp³-hybridized carbons (Fsp3) is 0.786. The SMILES string of the molecule is CCCCn1nc(CC(C)C)c(O)c1CCC. The Labute approximate surface area is 105 Å². The van der Waals surface area contributed by atoms with Gasteiger partial charge in [0.25, 0.3) is 0 Å². The Kier molecular flexibility index (Phi) is 5.52. The van der Waals surface area contributed by atoms with Crippen molar-refractivity contribution in [2.24, 2.45) is 5.92 Å². The lowest BCUT2D eigenvalue weighted by atomic mass is 10.1. The smallest absolute Gasteiger partial charge is 0.160 e. The molecular formula is C14H26N2O. The van der Waals surface area contributed by atoms with Crippen LogP contribution in [0.1, 0.15) is 58.3 Å². The molecule has 0 aromatic carbocycles. The molecule has 1 N–H and O–H groups in total. The van der Waals surface area contributed by atoms with Crippen molar-refractivity contribution in [2.75, 3.05) is 0 Å². The Balaban J connectivity index is 2.92. The van der Waals surface area contributed by atoms with Crippen LogP contribution in [0.3, 0.4) is 0 Å². The fourth-order valence-corrected chi connectivity index (χ4v) is 2.04. The maximum atomic E-state index is 10.2. The van der Waals surface area contributed by atoms with E-state index in [1.807, 2.05) is 4.68 Å². The molecule has 0 fully saturated rings. The Morgan fingerprint density at radius 1 is 1.24 bits per heavy atom. The number of hydrogen-bond acceptors (Lipinski definition) is 2. The van der Waals surface area contributed by atoms with E-state index in [1.54, 1.807) is 0 Å². The quantitative estimate of drug-likeness (QED) is 0.789. The van der Waals surface area contributed by atoms with Crippen molar-refractivity contribution in [3.05, 3.63) is 11.4 Å². The van der Waals surface area contributed by atoms with E-state index in [4.69, 9.17) is 0 Å². The van der Waals surface area contributed by atoms with E-state index in [1.165, 1.54) is 0 Å². The van der Waals surface area contributed by atoms with E-state index in [0.29, 0.717) is 11.7 Å². The van der Waals surface area contributed by atoms with Crippen molar-refractivity contribution in [3.63, 3.8) is 0 Å². The maximum absolute atomic E-state index is 10.2. The average molecular weight is 238 g/mol. The van der Waals surface area contributed by atoms with Crippen LogP contribution in [-0.2, 0) is 19.4 Å². The molecule has 1 heterocycles. The third-order valence-electron chi connectivity index (χ3n) is 2.91. The Morgan fingerprint density at radius 3 is 2.47 bits per heavy atom. The van der Waals surface area contributed by atoms with E-state index in [9.17, 15) is 5.11 Å². The van der Waals surface area contributed by atoms with Gasteiger partial charge in [0.05, 0.1) is 5.69 Å². The van der Waals surface area contributed by atoms with Crippen molar-refractivity contribution in [1.82, 2.24) is 9.78 Å². The lowest BCUT2D eigenvalue weighted by molar-refractivity contribution is 0.452. The topological polar surface area (TPSA) is 38.0 Å². The number of aromatic nitrogens is 2. The van der Waals surface area contributed by atoms with Gasteiger partial charge in [-0.05, 0) is 25.2 Å². The summed E-state index contributed by atoms with van der Waals surface area (Å²) in [5, 5.41) is 14.8. The van der Waals surface area contributed by atoms with Gasteiger partial charge >= 0.3 is 0 Å². The summed E-state index contributed by atoms with van der Waals surface area (Å²) in [5.74, 6) is 0.974. The molecule has 0 bridgehead atoms. The number of nitrogens with zero attached hydrogens (tertiary/aromatic N) is 2. The second kappa shape index (κ2) is 6.67. The standard InChI is InChI=1S/C14H26N2O/c1-5-7-9-16-13(8-6-2)14(17)12(15-16)10-11(3)4/h11,17H,5-10H2,1-4H3. The first-order chi connectivity index (χ1) is 8.10. The summed E-state index contributed by atoms with van der Waals surface area (Å²) in [6, 6.07) is 0. The molecule has 3 heteroatoms. The van der Waals surface area contributed by atoms with Gasteiger partial charge in [0.15, 0.2) is 5.75 Å². The van der Waals surface area contributed by atoms with Crippen molar-refractivity contribution >= 4 is 0 Å². The first-order valence-corrected chi connectivity index (χ1v) is 6.87. The molecular weight excluding hydrogens is 212 g/mol. The molecule has 0 aliphatic carbocycles. The Hall–Kier alpha value is -0.990. The lowest BCUT2D eigenvalue weighted by Gasteiger charge is -2.05. The lowest BCUT2D eigenvalue weighted by Crippen LogP contribution is -2.05. The van der Waals surface area contributed by atoms with Crippen LogP contribution in [0.25, 0.3) is 0 Å². The zero-order valence-corrected chi connectivity index (χ0v) is 11.7. The molecule has 0 atom stereocenters. The Morgan fingerprint density at radius 2 is 1.94 bits per heavy atom. The van der Waals surface area contributed by atoms with Crippen molar-refractivity contribution in [2.45, 2.75) is 66.3 Å².